The molecule has 2 rings (SSSR count). The summed E-state index contributed by atoms with van der Waals surface area (Å²) in [6, 6.07) is 0. The van der Waals surface area contributed by atoms with E-state index in [1.807, 2.05) is 0 Å². The lowest BCUT2D eigenvalue weighted by atomic mass is 9.80. The Bertz CT molecular complexity index is 143. The molecular formula is C12H22. The summed E-state index contributed by atoms with van der Waals surface area (Å²) in [5.41, 5.74) is 0. The molecule has 0 saturated heterocycles. The number of fused-ring (bicyclic) bond motifs is 2. The Morgan fingerprint density at radius 1 is 0.917 bits per heavy atom. The van der Waals surface area contributed by atoms with Crippen LogP contribution in [0.4, 0.5) is 0 Å². The maximum Gasteiger partial charge on any atom is -0.0355 e. The summed E-state index contributed by atoms with van der Waals surface area (Å²) in [7, 11) is 0. The molecule has 0 aromatic rings. The lowest BCUT2D eigenvalue weighted by Crippen LogP contribution is -2.16. The average molecular weight is 166 g/mol. The van der Waals surface area contributed by atoms with Gasteiger partial charge in [-0.2, -0.15) is 0 Å². The molecule has 0 nitrogen and oxygen atoms in total. The predicted octanol–water partition coefficient (Wildman–Crippen LogP) is 3.71. The van der Waals surface area contributed by atoms with Crippen molar-refractivity contribution in [1.82, 2.24) is 0 Å². The molecule has 0 spiro atoms. The van der Waals surface area contributed by atoms with E-state index in [9.17, 15) is 0 Å². The zero-order valence-corrected chi connectivity index (χ0v) is 8.72. The van der Waals surface area contributed by atoms with E-state index >= 15 is 0 Å². The first-order valence-electron chi connectivity index (χ1n) is 5.77. The van der Waals surface area contributed by atoms with Crippen molar-refractivity contribution in [3.63, 3.8) is 0 Å². The van der Waals surface area contributed by atoms with Gasteiger partial charge in [-0.3, -0.25) is 0 Å². The van der Waals surface area contributed by atoms with Crippen molar-refractivity contribution in [2.75, 3.05) is 0 Å². The molecule has 2 fully saturated rings. The molecular weight excluding hydrogens is 144 g/mol. The van der Waals surface area contributed by atoms with Gasteiger partial charge >= 0.3 is 0 Å². The molecule has 0 amide bonds. The lowest BCUT2D eigenvalue weighted by molar-refractivity contribution is 0.247. The van der Waals surface area contributed by atoms with Gasteiger partial charge in [0.1, 0.15) is 0 Å². The summed E-state index contributed by atoms with van der Waals surface area (Å²) >= 11 is 0. The van der Waals surface area contributed by atoms with Crippen molar-refractivity contribution >= 4 is 0 Å². The zero-order chi connectivity index (χ0) is 8.72. The zero-order valence-electron chi connectivity index (χ0n) is 8.72. The van der Waals surface area contributed by atoms with Crippen LogP contribution in [0.25, 0.3) is 0 Å². The van der Waals surface area contributed by atoms with E-state index in [0.717, 1.165) is 29.6 Å². The molecule has 0 radical (unpaired) electrons. The molecule has 0 N–H and O–H groups in total. The standard InChI is InChI=1S/C12H22/c1-4-9-6-12-8(3)11(9)7-10(12)5-2/h8-12H,4-7H2,1-3H3. The fourth-order valence-electron chi connectivity index (χ4n) is 3.98. The normalized spacial score (nSPS) is 51.8. The maximum absolute atomic E-state index is 2.50. The third kappa shape index (κ3) is 1.03. The van der Waals surface area contributed by atoms with Crippen LogP contribution in [0.2, 0.25) is 0 Å². The van der Waals surface area contributed by atoms with Crippen molar-refractivity contribution in [3.8, 4) is 0 Å². The smallest absolute Gasteiger partial charge is 0.0355 e. The summed E-state index contributed by atoms with van der Waals surface area (Å²) in [5, 5.41) is 0. The van der Waals surface area contributed by atoms with E-state index in [1.54, 1.807) is 12.8 Å². The minimum atomic E-state index is 1.06. The van der Waals surface area contributed by atoms with Crippen LogP contribution in [-0.2, 0) is 0 Å². The molecule has 70 valence electrons. The number of hydrogen-bond acceptors (Lipinski definition) is 0. The quantitative estimate of drug-likeness (QED) is 0.586. The molecule has 0 aliphatic heterocycles. The van der Waals surface area contributed by atoms with Crippen molar-refractivity contribution in [2.45, 2.75) is 46.5 Å². The largest absolute Gasteiger partial charge is 0.0651 e. The number of rotatable bonds is 2. The summed E-state index contributed by atoms with van der Waals surface area (Å²) < 4.78 is 0. The Labute approximate surface area is 76.7 Å². The van der Waals surface area contributed by atoms with Crippen LogP contribution in [0, 0.1) is 29.6 Å². The highest BCUT2D eigenvalue weighted by Gasteiger charge is 2.49. The molecule has 12 heavy (non-hydrogen) atoms. The van der Waals surface area contributed by atoms with Gasteiger partial charge in [-0.15, -0.1) is 0 Å². The molecule has 4 unspecified atom stereocenters. The Morgan fingerprint density at radius 3 is 1.58 bits per heavy atom. The minimum Gasteiger partial charge on any atom is -0.0651 e. The van der Waals surface area contributed by atoms with Crippen LogP contribution >= 0.6 is 0 Å². The van der Waals surface area contributed by atoms with E-state index in [2.05, 4.69) is 20.8 Å². The second-order valence-corrected chi connectivity index (χ2v) is 4.99. The van der Waals surface area contributed by atoms with E-state index in [4.69, 9.17) is 0 Å². The molecule has 2 saturated carbocycles. The van der Waals surface area contributed by atoms with E-state index in [-0.39, 0.29) is 0 Å². The third-order valence-electron chi connectivity index (χ3n) is 4.76. The summed E-state index contributed by atoms with van der Waals surface area (Å²) in [4.78, 5) is 0. The van der Waals surface area contributed by atoms with E-state index in [0.29, 0.717) is 0 Å². The average Bonchev–Trinajstić information content (AvgIpc) is 2.58. The van der Waals surface area contributed by atoms with Gasteiger partial charge in [0, 0.05) is 0 Å². The summed E-state index contributed by atoms with van der Waals surface area (Å²) in [6.07, 6.45) is 5.98. The van der Waals surface area contributed by atoms with Gasteiger partial charge < -0.3 is 0 Å². The van der Waals surface area contributed by atoms with Gasteiger partial charge in [0.15, 0.2) is 0 Å². The van der Waals surface area contributed by atoms with Gasteiger partial charge in [0.05, 0.1) is 0 Å². The van der Waals surface area contributed by atoms with Crippen molar-refractivity contribution in [1.29, 1.82) is 0 Å². The summed E-state index contributed by atoms with van der Waals surface area (Å²) in [5.74, 6) is 5.44. The summed E-state index contributed by atoms with van der Waals surface area (Å²) in [6.45, 7) is 7.25. The van der Waals surface area contributed by atoms with Crippen LogP contribution < -0.4 is 0 Å². The van der Waals surface area contributed by atoms with Crippen molar-refractivity contribution in [3.05, 3.63) is 0 Å². The van der Waals surface area contributed by atoms with Crippen molar-refractivity contribution in [2.24, 2.45) is 29.6 Å². The first-order chi connectivity index (χ1) is 5.77. The second kappa shape index (κ2) is 3.05. The van der Waals surface area contributed by atoms with Crippen LogP contribution in [0.3, 0.4) is 0 Å². The van der Waals surface area contributed by atoms with E-state index < -0.39 is 0 Å². The molecule has 2 aliphatic carbocycles. The van der Waals surface area contributed by atoms with Gasteiger partial charge in [0.2, 0.25) is 0 Å². The van der Waals surface area contributed by atoms with Gasteiger partial charge in [0.25, 0.3) is 0 Å². The molecule has 0 heteroatoms. The molecule has 0 heterocycles. The topological polar surface area (TPSA) is 0 Å². The van der Waals surface area contributed by atoms with Gasteiger partial charge in [-0.05, 0) is 42.4 Å². The van der Waals surface area contributed by atoms with E-state index in [1.165, 1.54) is 12.8 Å². The van der Waals surface area contributed by atoms with Crippen LogP contribution in [0.15, 0.2) is 0 Å². The van der Waals surface area contributed by atoms with Crippen LogP contribution in [-0.4, -0.2) is 0 Å². The Morgan fingerprint density at radius 2 is 1.33 bits per heavy atom. The highest BCUT2D eigenvalue weighted by Crippen LogP contribution is 2.57. The Balaban J connectivity index is 2.07. The molecule has 2 aliphatic rings. The first-order valence-corrected chi connectivity index (χ1v) is 5.77. The monoisotopic (exact) mass is 166 g/mol. The van der Waals surface area contributed by atoms with Gasteiger partial charge in [-0.1, -0.05) is 33.6 Å². The molecule has 0 aromatic carbocycles. The van der Waals surface area contributed by atoms with Crippen LogP contribution in [0.1, 0.15) is 46.5 Å². The second-order valence-electron chi connectivity index (χ2n) is 4.99. The highest BCUT2D eigenvalue weighted by atomic mass is 14.5. The Kier molecular flexibility index (Phi) is 2.18. The van der Waals surface area contributed by atoms with Crippen molar-refractivity contribution < 1.29 is 0 Å². The molecule has 2 bridgehead atoms. The first kappa shape index (κ1) is 8.59. The highest BCUT2D eigenvalue weighted by molar-refractivity contribution is 4.98. The van der Waals surface area contributed by atoms with Crippen LogP contribution in [0.5, 0.6) is 0 Å². The Hall–Kier alpha value is 0. The lowest BCUT2D eigenvalue weighted by Gasteiger charge is -2.26. The van der Waals surface area contributed by atoms with Gasteiger partial charge in [-0.25, -0.2) is 0 Å². The molecule has 4 atom stereocenters. The minimum absolute atomic E-state index is 1.06. The third-order valence-corrected chi connectivity index (χ3v) is 4.76. The predicted molar refractivity (Wildman–Crippen MR) is 52.9 cm³/mol. The maximum atomic E-state index is 2.50. The fourth-order valence-corrected chi connectivity index (χ4v) is 3.98. The number of hydrogen-bond donors (Lipinski definition) is 0. The molecule has 0 aromatic heterocycles. The SMILES string of the molecule is CCC1CC2C(CC)CC1C2C. The fraction of sp³-hybridized carbons (Fsp3) is 1.00.